The van der Waals surface area contributed by atoms with Crippen LogP contribution in [0.15, 0.2) is 95.9 Å². The monoisotopic (exact) mass is 430 g/mol. The lowest BCUT2D eigenvalue weighted by atomic mass is 9.83. The first kappa shape index (κ1) is 21.3. The van der Waals surface area contributed by atoms with Gasteiger partial charge in [0.25, 0.3) is 0 Å². The molecule has 32 heavy (non-hydrogen) atoms. The zero-order chi connectivity index (χ0) is 23.0. The largest absolute Gasteiger partial charge is 0.424 e. The Morgan fingerprint density at radius 2 is 1.50 bits per heavy atom. The second kappa shape index (κ2) is 7.96. The van der Waals surface area contributed by atoms with Crippen molar-refractivity contribution in [3.8, 4) is 11.5 Å². The van der Waals surface area contributed by atoms with Crippen molar-refractivity contribution in [2.75, 3.05) is 0 Å². The van der Waals surface area contributed by atoms with Gasteiger partial charge in [0.05, 0.1) is 5.57 Å². The summed E-state index contributed by atoms with van der Waals surface area (Å²) in [4.78, 5) is 36.1. The van der Waals surface area contributed by atoms with Gasteiger partial charge >= 0.3 is 17.9 Å². The van der Waals surface area contributed by atoms with Crippen LogP contribution >= 0.6 is 0 Å². The van der Waals surface area contributed by atoms with E-state index in [0.717, 1.165) is 12.0 Å². The van der Waals surface area contributed by atoms with Gasteiger partial charge in [-0.25, -0.2) is 14.4 Å². The Labute approximate surface area is 185 Å². The second-order valence-corrected chi connectivity index (χ2v) is 8.15. The average molecular weight is 430 g/mol. The molecule has 0 radical (unpaired) electrons. The zero-order valence-corrected chi connectivity index (χ0v) is 17.8. The number of ether oxygens (including phenoxy) is 3. The maximum atomic E-state index is 12.7. The highest BCUT2D eigenvalue weighted by molar-refractivity contribution is 5.94. The smallest absolute Gasteiger partial charge is 0.343 e. The molecule has 162 valence electrons. The molecule has 1 aromatic rings. The Morgan fingerprint density at radius 1 is 0.906 bits per heavy atom. The van der Waals surface area contributed by atoms with Crippen LogP contribution in [0.2, 0.25) is 0 Å². The SMILES string of the molecule is C=C(C)C(=O)OC1=CC23CC2C=C(C(=O)Oc2ccc(OC(=O)C(=C)C)cc2)C=C3C=C1. The number of rotatable bonds is 6. The number of benzene rings is 1. The summed E-state index contributed by atoms with van der Waals surface area (Å²) in [5, 5.41) is 0. The molecule has 4 rings (SSSR count). The van der Waals surface area contributed by atoms with Crippen molar-refractivity contribution >= 4 is 17.9 Å². The molecule has 2 atom stereocenters. The summed E-state index contributed by atoms with van der Waals surface area (Å²) in [5.41, 5.74) is 1.84. The van der Waals surface area contributed by atoms with Gasteiger partial charge in [0.15, 0.2) is 0 Å². The number of hydrogen-bond acceptors (Lipinski definition) is 6. The van der Waals surface area contributed by atoms with E-state index < -0.39 is 17.9 Å². The van der Waals surface area contributed by atoms with Crippen LogP contribution in [0.25, 0.3) is 0 Å². The Bertz CT molecular complexity index is 1180. The first-order valence-corrected chi connectivity index (χ1v) is 10.1. The van der Waals surface area contributed by atoms with Crippen molar-refractivity contribution in [3.05, 3.63) is 95.9 Å². The molecule has 6 heteroatoms. The van der Waals surface area contributed by atoms with E-state index in [-0.39, 0.29) is 11.3 Å². The van der Waals surface area contributed by atoms with E-state index in [4.69, 9.17) is 14.2 Å². The Balaban J connectivity index is 1.42. The van der Waals surface area contributed by atoms with Gasteiger partial charge in [-0.15, -0.1) is 0 Å². The molecule has 1 fully saturated rings. The summed E-state index contributed by atoms with van der Waals surface area (Å²) >= 11 is 0. The minimum Gasteiger partial charge on any atom is -0.424 e. The van der Waals surface area contributed by atoms with Gasteiger partial charge < -0.3 is 14.2 Å². The minimum atomic E-state index is -0.520. The average Bonchev–Trinajstić information content (AvgIpc) is 3.46. The zero-order valence-electron chi connectivity index (χ0n) is 17.8. The standard InChI is InChI=1S/C26H22O6/c1-15(2)23(27)30-20-7-9-21(10-8-20)31-25(29)17-11-18-5-6-22(32-24(28)16(3)4)14-26(18)13-19(26)12-17/h5-12,14,19H,1,3,13H2,2,4H3. The molecule has 6 nitrogen and oxygen atoms in total. The summed E-state index contributed by atoms with van der Waals surface area (Å²) < 4.78 is 16.0. The third-order valence-electron chi connectivity index (χ3n) is 5.50. The molecule has 2 unspecified atom stereocenters. The summed E-state index contributed by atoms with van der Waals surface area (Å²) in [6.45, 7) is 10.3. The van der Waals surface area contributed by atoms with Crippen LogP contribution in [0.3, 0.4) is 0 Å². The van der Waals surface area contributed by atoms with E-state index in [1.165, 1.54) is 0 Å². The quantitative estimate of drug-likeness (QED) is 0.375. The predicted molar refractivity (Wildman–Crippen MR) is 117 cm³/mol. The maximum absolute atomic E-state index is 12.7. The van der Waals surface area contributed by atoms with Crippen molar-refractivity contribution in [3.63, 3.8) is 0 Å². The number of carbonyl (C=O) groups is 3. The fourth-order valence-electron chi connectivity index (χ4n) is 3.66. The fraction of sp³-hybridized carbons (Fsp3) is 0.192. The van der Waals surface area contributed by atoms with Crippen molar-refractivity contribution in [2.24, 2.45) is 11.3 Å². The fourth-order valence-corrected chi connectivity index (χ4v) is 3.66. The molecule has 0 saturated heterocycles. The highest BCUT2D eigenvalue weighted by atomic mass is 16.5. The van der Waals surface area contributed by atoms with Crippen molar-refractivity contribution in [2.45, 2.75) is 20.3 Å². The van der Waals surface area contributed by atoms with Gasteiger partial charge in [-0.2, -0.15) is 0 Å². The molecule has 1 aromatic carbocycles. The van der Waals surface area contributed by atoms with Crippen molar-refractivity contribution in [1.82, 2.24) is 0 Å². The van der Waals surface area contributed by atoms with Gasteiger partial charge in [-0.1, -0.05) is 25.3 Å². The predicted octanol–water partition coefficient (Wildman–Crippen LogP) is 4.52. The molecule has 1 spiro atoms. The molecule has 0 amide bonds. The number of carbonyl (C=O) groups excluding carboxylic acids is 3. The lowest BCUT2D eigenvalue weighted by Gasteiger charge is -2.23. The van der Waals surface area contributed by atoms with Crippen LogP contribution in [0, 0.1) is 11.3 Å². The lowest BCUT2D eigenvalue weighted by molar-refractivity contribution is -0.134. The molecule has 0 aliphatic heterocycles. The van der Waals surface area contributed by atoms with Gasteiger partial charge in [0.1, 0.15) is 17.3 Å². The highest BCUT2D eigenvalue weighted by Gasteiger charge is 2.56. The number of hydrogen-bond donors (Lipinski definition) is 0. The first-order valence-electron chi connectivity index (χ1n) is 10.1. The maximum Gasteiger partial charge on any atom is 0.343 e. The lowest BCUT2D eigenvalue weighted by Crippen LogP contribution is -2.18. The third kappa shape index (κ3) is 4.12. The Kier molecular flexibility index (Phi) is 5.30. The normalized spacial score (nSPS) is 22.2. The van der Waals surface area contributed by atoms with E-state index >= 15 is 0 Å². The number of esters is 3. The van der Waals surface area contributed by atoms with Gasteiger partial charge in [0, 0.05) is 16.6 Å². The summed E-state index contributed by atoms with van der Waals surface area (Å²) in [5.74, 6) is -0.151. The topological polar surface area (TPSA) is 78.9 Å². The Hall–Kier alpha value is -3.93. The van der Waals surface area contributed by atoms with Crippen molar-refractivity contribution < 1.29 is 28.6 Å². The number of allylic oxidation sites excluding steroid dienone is 5. The van der Waals surface area contributed by atoms with Crippen molar-refractivity contribution in [1.29, 1.82) is 0 Å². The van der Waals surface area contributed by atoms with Gasteiger partial charge in [-0.05, 0) is 74.3 Å². The summed E-state index contributed by atoms with van der Waals surface area (Å²) in [7, 11) is 0. The van der Waals surface area contributed by atoms with Crippen LogP contribution in [-0.2, 0) is 19.1 Å². The van der Waals surface area contributed by atoms with E-state index in [1.807, 2.05) is 18.2 Å². The van der Waals surface area contributed by atoms with Gasteiger partial charge in [-0.3, -0.25) is 0 Å². The first-order chi connectivity index (χ1) is 15.2. The van der Waals surface area contributed by atoms with E-state index in [1.54, 1.807) is 50.3 Å². The van der Waals surface area contributed by atoms with Crippen LogP contribution in [0.1, 0.15) is 20.3 Å². The summed E-state index contributed by atoms with van der Waals surface area (Å²) in [6.07, 6.45) is 10.0. The molecule has 0 bridgehead atoms. The second-order valence-electron chi connectivity index (χ2n) is 8.15. The molecule has 0 aromatic heterocycles. The highest BCUT2D eigenvalue weighted by Crippen LogP contribution is 2.64. The minimum absolute atomic E-state index is 0.137. The van der Waals surface area contributed by atoms with Crippen LogP contribution < -0.4 is 9.47 Å². The van der Waals surface area contributed by atoms with Crippen LogP contribution in [-0.4, -0.2) is 17.9 Å². The van der Waals surface area contributed by atoms with E-state index in [2.05, 4.69) is 13.2 Å². The van der Waals surface area contributed by atoms with E-state index in [0.29, 0.717) is 34.0 Å². The third-order valence-corrected chi connectivity index (χ3v) is 5.50. The molecule has 0 heterocycles. The molecule has 3 aliphatic carbocycles. The molecular formula is C26H22O6. The van der Waals surface area contributed by atoms with Crippen LogP contribution in [0.5, 0.6) is 11.5 Å². The van der Waals surface area contributed by atoms with Crippen LogP contribution in [0.4, 0.5) is 0 Å². The molecular weight excluding hydrogens is 408 g/mol. The van der Waals surface area contributed by atoms with Gasteiger partial charge in [0.2, 0.25) is 0 Å². The Morgan fingerprint density at radius 3 is 2.12 bits per heavy atom. The molecule has 3 aliphatic rings. The van der Waals surface area contributed by atoms with E-state index in [9.17, 15) is 14.4 Å². The summed E-state index contributed by atoms with van der Waals surface area (Å²) in [6, 6.07) is 6.21. The molecule has 1 saturated carbocycles. The molecule has 0 N–H and O–H groups in total.